The summed E-state index contributed by atoms with van der Waals surface area (Å²) in [6.07, 6.45) is 2.30. The Labute approximate surface area is 233 Å². The Hall–Kier alpha value is -4.86. The van der Waals surface area contributed by atoms with E-state index in [1.807, 2.05) is 20.8 Å². The van der Waals surface area contributed by atoms with Crippen LogP contribution in [-0.4, -0.2) is 50.4 Å². The molecule has 0 bridgehead atoms. The largest absolute Gasteiger partial charge is 0.494 e. The van der Waals surface area contributed by atoms with Gasteiger partial charge in [0.25, 0.3) is 11.8 Å². The van der Waals surface area contributed by atoms with Crippen LogP contribution in [0.15, 0.2) is 71.8 Å². The van der Waals surface area contributed by atoms with Gasteiger partial charge in [0.1, 0.15) is 11.5 Å². The first-order valence-corrected chi connectivity index (χ1v) is 13.0. The smallest absolute Gasteiger partial charge is 0.343 e. The van der Waals surface area contributed by atoms with E-state index in [9.17, 15) is 14.4 Å². The summed E-state index contributed by atoms with van der Waals surface area (Å²) in [5, 5.41) is 6.47. The molecule has 210 valence electrons. The minimum Gasteiger partial charge on any atom is -0.494 e. The van der Waals surface area contributed by atoms with E-state index in [1.165, 1.54) is 6.21 Å². The van der Waals surface area contributed by atoms with Gasteiger partial charge in [-0.3, -0.25) is 9.59 Å². The normalized spacial score (nSPS) is 10.6. The van der Waals surface area contributed by atoms with Gasteiger partial charge in [-0.25, -0.2) is 10.2 Å². The molecule has 2 N–H and O–H groups in total. The average molecular weight is 548 g/mol. The number of carbonyl (C=O) groups is 3. The van der Waals surface area contributed by atoms with Crippen molar-refractivity contribution in [1.29, 1.82) is 0 Å². The highest BCUT2D eigenvalue weighted by Gasteiger charge is 2.14. The van der Waals surface area contributed by atoms with Crippen LogP contribution in [0, 0.1) is 0 Å². The van der Waals surface area contributed by atoms with Gasteiger partial charge in [0.2, 0.25) is 0 Å². The van der Waals surface area contributed by atoms with E-state index < -0.39 is 17.8 Å². The number of amides is 2. The van der Waals surface area contributed by atoms with Crippen LogP contribution in [0.5, 0.6) is 23.0 Å². The third-order valence-electron chi connectivity index (χ3n) is 5.27. The molecule has 0 aliphatic carbocycles. The van der Waals surface area contributed by atoms with Gasteiger partial charge in [0.15, 0.2) is 11.5 Å². The first kappa shape index (κ1) is 29.7. The lowest BCUT2D eigenvalue weighted by Crippen LogP contribution is -2.34. The molecule has 0 radical (unpaired) electrons. The van der Waals surface area contributed by atoms with E-state index in [-0.39, 0.29) is 12.3 Å². The van der Waals surface area contributed by atoms with Crippen molar-refractivity contribution >= 4 is 24.0 Å². The maximum atomic E-state index is 12.6. The maximum Gasteiger partial charge on any atom is 0.343 e. The van der Waals surface area contributed by atoms with Gasteiger partial charge < -0.3 is 24.3 Å². The Morgan fingerprint density at radius 2 is 1.43 bits per heavy atom. The van der Waals surface area contributed by atoms with Crippen molar-refractivity contribution in [3.63, 3.8) is 0 Å². The molecular formula is C30H33N3O7. The van der Waals surface area contributed by atoms with Crippen LogP contribution < -0.4 is 29.7 Å². The molecule has 10 heteroatoms. The number of ether oxygens (including phenoxy) is 4. The molecule has 0 unspecified atom stereocenters. The van der Waals surface area contributed by atoms with Crippen LogP contribution in [-0.2, 0) is 4.79 Å². The molecular weight excluding hydrogens is 514 g/mol. The van der Waals surface area contributed by atoms with E-state index in [1.54, 1.807) is 66.7 Å². The van der Waals surface area contributed by atoms with Crippen LogP contribution in [0.4, 0.5) is 0 Å². The number of esters is 1. The first-order valence-electron chi connectivity index (χ1n) is 13.0. The molecule has 3 aromatic carbocycles. The maximum absolute atomic E-state index is 12.6. The molecule has 10 nitrogen and oxygen atoms in total. The third kappa shape index (κ3) is 9.16. The number of benzene rings is 3. The Morgan fingerprint density at radius 1 is 0.775 bits per heavy atom. The second-order valence-corrected chi connectivity index (χ2v) is 8.33. The van der Waals surface area contributed by atoms with E-state index in [0.717, 1.165) is 6.42 Å². The molecule has 40 heavy (non-hydrogen) atoms. The van der Waals surface area contributed by atoms with Crippen LogP contribution in [0.2, 0.25) is 0 Å². The summed E-state index contributed by atoms with van der Waals surface area (Å²) in [6, 6.07) is 18.2. The van der Waals surface area contributed by atoms with Gasteiger partial charge in [-0.15, -0.1) is 0 Å². The fourth-order valence-electron chi connectivity index (χ4n) is 3.37. The predicted molar refractivity (Wildman–Crippen MR) is 150 cm³/mol. The highest BCUT2D eigenvalue weighted by Crippen LogP contribution is 2.29. The van der Waals surface area contributed by atoms with Gasteiger partial charge in [-0.05, 0) is 92.6 Å². The topological polar surface area (TPSA) is 125 Å². The van der Waals surface area contributed by atoms with Crippen molar-refractivity contribution < 1.29 is 33.3 Å². The number of hydrazone groups is 1. The zero-order valence-corrected chi connectivity index (χ0v) is 22.8. The lowest BCUT2D eigenvalue weighted by Gasteiger charge is -2.11. The lowest BCUT2D eigenvalue weighted by atomic mass is 10.2. The Bertz CT molecular complexity index is 1310. The Balaban J connectivity index is 1.52. The minimum absolute atomic E-state index is 0.245. The molecule has 3 rings (SSSR count). The lowest BCUT2D eigenvalue weighted by molar-refractivity contribution is -0.120. The summed E-state index contributed by atoms with van der Waals surface area (Å²) in [5.41, 5.74) is 3.73. The van der Waals surface area contributed by atoms with Crippen molar-refractivity contribution in [3.05, 3.63) is 83.4 Å². The highest BCUT2D eigenvalue weighted by molar-refractivity contribution is 5.96. The van der Waals surface area contributed by atoms with Crippen LogP contribution in [0.1, 0.15) is 53.5 Å². The Kier molecular flexibility index (Phi) is 11.5. The molecule has 0 heterocycles. The number of nitrogens with one attached hydrogen (secondary N) is 2. The summed E-state index contributed by atoms with van der Waals surface area (Å²) in [5.74, 6) is 0.494. The van der Waals surface area contributed by atoms with Crippen molar-refractivity contribution in [2.45, 2.75) is 27.2 Å². The molecule has 0 saturated carbocycles. The molecule has 0 atom stereocenters. The van der Waals surface area contributed by atoms with E-state index >= 15 is 0 Å². The fourth-order valence-corrected chi connectivity index (χ4v) is 3.37. The van der Waals surface area contributed by atoms with Gasteiger partial charge in [0, 0.05) is 5.56 Å². The molecule has 0 spiro atoms. The summed E-state index contributed by atoms with van der Waals surface area (Å²) < 4.78 is 22.0. The van der Waals surface area contributed by atoms with Crippen molar-refractivity contribution in [3.8, 4) is 23.0 Å². The first-order chi connectivity index (χ1) is 19.4. The van der Waals surface area contributed by atoms with Crippen LogP contribution in [0.3, 0.4) is 0 Å². The number of hydrogen-bond acceptors (Lipinski definition) is 8. The number of nitrogens with zero attached hydrogens (tertiary/aromatic N) is 1. The van der Waals surface area contributed by atoms with Gasteiger partial charge in [-0.2, -0.15) is 5.10 Å². The number of hydrogen-bond donors (Lipinski definition) is 2. The third-order valence-corrected chi connectivity index (χ3v) is 5.27. The molecule has 0 aromatic heterocycles. The van der Waals surface area contributed by atoms with Crippen molar-refractivity contribution in [2.24, 2.45) is 5.10 Å². The average Bonchev–Trinajstić information content (AvgIpc) is 2.97. The summed E-state index contributed by atoms with van der Waals surface area (Å²) in [4.78, 5) is 37.0. The van der Waals surface area contributed by atoms with E-state index in [4.69, 9.17) is 18.9 Å². The fraction of sp³-hybridized carbons (Fsp3) is 0.267. The predicted octanol–water partition coefficient (Wildman–Crippen LogP) is 4.37. The number of carbonyl (C=O) groups excluding carboxylic acids is 3. The quantitative estimate of drug-likeness (QED) is 0.133. The second-order valence-electron chi connectivity index (χ2n) is 8.33. The molecule has 0 saturated heterocycles. The van der Waals surface area contributed by atoms with Gasteiger partial charge in [-0.1, -0.05) is 6.92 Å². The van der Waals surface area contributed by atoms with Gasteiger partial charge >= 0.3 is 5.97 Å². The molecule has 0 aliphatic heterocycles. The monoisotopic (exact) mass is 547 g/mol. The summed E-state index contributed by atoms with van der Waals surface area (Å²) in [7, 11) is 0. The van der Waals surface area contributed by atoms with Crippen LogP contribution >= 0.6 is 0 Å². The molecule has 0 fully saturated rings. The molecule has 0 aliphatic rings. The molecule has 2 amide bonds. The van der Waals surface area contributed by atoms with Crippen LogP contribution in [0.25, 0.3) is 0 Å². The zero-order chi connectivity index (χ0) is 28.7. The van der Waals surface area contributed by atoms with Crippen molar-refractivity contribution in [1.82, 2.24) is 10.7 Å². The van der Waals surface area contributed by atoms with E-state index in [0.29, 0.717) is 53.8 Å². The van der Waals surface area contributed by atoms with E-state index in [2.05, 4.69) is 15.8 Å². The standard InChI is InChI=1S/C30H33N3O7/c1-4-17-39-25-12-8-22(9-13-25)29(35)31-20-28(34)33-32-19-21-7-16-26(27(18-21)38-6-3)40-30(36)23-10-14-24(15-11-23)37-5-2/h7-16,18-19H,4-6,17,20H2,1-3H3,(H,31,35)(H,33,34). The number of rotatable bonds is 14. The summed E-state index contributed by atoms with van der Waals surface area (Å²) in [6.45, 7) is 6.92. The molecule has 3 aromatic rings. The Morgan fingerprint density at radius 3 is 2.08 bits per heavy atom. The van der Waals surface area contributed by atoms with Crippen molar-refractivity contribution in [2.75, 3.05) is 26.4 Å². The zero-order valence-electron chi connectivity index (χ0n) is 22.8. The SMILES string of the molecule is CCCOc1ccc(C(=O)NCC(=O)NN=Cc2ccc(OC(=O)c3ccc(OCC)cc3)c(OCC)c2)cc1. The van der Waals surface area contributed by atoms with Gasteiger partial charge in [0.05, 0.1) is 38.1 Å². The minimum atomic E-state index is -0.541. The summed E-state index contributed by atoms with van der Waals surface area (Å²) >= 11 is 0. The second kappa shape index (κ2) is 15.5. The highest BCUT2D eigenvalue weighted by atomic mass is 16.6.